The Morgan fingerprint density at radius 3 is 2.27 bits per heavy atom. The van der Waals surface area contributed by atoms with Crippen molar-refractivity contribution in [3.05, 3.63) is 136 Å². The molecule has 0 aliphatic heterocycles. The van der Waals surface area contributed by atoms with Crippen molar-refractivity contribution in [1.29, 1.82) is 0 Å². The lowest BCUT2D eigenvalue weighted by molar-refractivity contribution is 0.0742. The van der Waals surface area contributed by atoms with Crippen LogP contribution in [0, 0.1) is 18.6 Å². The maximum Gasteiger partial charge on any atom is 0.254 e. The summed E-state index contributed by atoms with van der Waals surface area (Å²) in [6, 6.07) is 24.0. The fourth-order valence-corrected chi connectivity index (χ4v) is 5.18. The molecule has 0 heterocycles. The normalized spacial score (nSPS) is 13.0. The molecule has 0 radical (unpaired) electrons. The summed E-state index contributed by atoms with van der Waals surface area (Å²) in [6.07, 6.45) is -1.15. The number of aliphatic hydroxyl groups excluding tert-OH is 1. The van der Waals surface area contributed by atoms with Gasteiger partial charge in [-0.25, -0.2) is 8.78 Å². The van der Waals surface area contributed by atoms with Gasteiger partial charge < -0.3 is 25.4 Å². The smallest absolute Gasteiger partial charge is 0.254 e. The second-order valence-electron chi connectivity index (χ2n) is 11.2. The number of aryl methyl sites for hydroxylation is 1. The molecule has 0 unspecified atom stereocenters. The van der Waals surface area contributed by atoms with Crippen LogP contribution in [0.2, 0.25) is 0 Å². The standard InChI is InChI=1S/C36H39F2N3O4/c1-23-13-28(19-29(14-23)36(44)41(3)24(2)27-10-6-5-7-11-27)35(43)40-33(18-26-15-30(37)20-31(38)16-26)34(42)22-39-21-25-9-8-12-32(17-25)45-4/h5-17,19-20,24,33-34,39,42H,18,21-22H2,1-4H3,(H,40,43)/t24-,33+,34-/m1/s1. The van der Waals surface area contributed by atoms with Crippen LogP contribution in [0.1, 0.15) is 55.9 Å². The van der Waals surface area contributed by atoms with Gasteiger partial charge in [-0.05, 0) is 85.0 Å². The van der Waals surface area contributed by atoms with E-state index in [1.54, 1.807) is 38.1 Å². The molecule has 2 amide bonds. The van der Waals surface area contributed by atoms with Crippen molar-refractivity contribution in [2.45, 2.75) is 45.0 Å². The maximum atomic E-state index is 14.0. The summed E-state index contributed by atoms with van der Waals surface area (Å²) >= 11 is 0. The Morgan fingerprint density at radius 1 is 0.889 bits per heavy atom. The number of methoxy groups -OCH3 is 1. The number of nitrogens with zero attached hydrogens (tertiary/aromatic N) is 1. The van der Waals surface area contributed by atoms with Gasteiger partial charge in [-0.2, -0.15) is 0 Å². The minimum atomic E-state index is -1.12. The predicted molar refractivity (Wildman–Crippen MR) is 170 cm³/mol. The molecule has 4 aromatic carbocycles. The number of rotatable bonds is 13. The summed E-state index contributed by atoms with van der Waals surface area (Å²) in [5.41, 5.74) is 3.46. The molecule has 0 spiro atoms. The van der Waals surface area contributed by atoms with E-state index in [-0.39, 0.29) is 36.0 Å². The Balaban J connectivity index is 1.52. The van der Waals surface area contributed by atoms with Crippen LogP contribution in [0.25, 0.3) is 0 Å². The lowest BCUT2D eigenvalue weighted by atomic mass is 9.99. The van der Waals surface area contributed by atoms with Gasteiger partial charge in [0.1, 0.15) is 17.4 Å². The number of aliphatic hydroxyl groups is 1. The molecule has 4 aromatic rings. The number of carbonyl (C=O) groups is 2. The topological polar surface area (TPSA) is 90.9 Å². The third-order valence-corrected chi connectivity index (χ3v) is 7.75. The van der Waals surface area contributed by atoms with Crippen molar-refractivity contribution in [1.82, 2.24) is 15.5 Å². The van der Waals surface area contributed by atoms with Crippen LogP contribution < -0.4 is 15.4 Å². The molecule has 0 aromatic heterocycles. The Kier molecular flexibility index (Phi) is 11.4. The van der Waals surface area contributed by atoms with E-state index in [0.29, 0.717) is 23.4 Å². The van der Waals surface area contributed by atoms with Crippen molar-refractivity contribution in [2.75, 3.05) is 20.7 Å². The van der Waals surface area contributed by atoms with Gasteiger partial charge in [-0.15, -0.1) is 0 Å². The van der Waals surface area contributed by atoms with Crippen LogP contribution in [-0.4, -0.2) is 54.7 Å². The summed E-state index contributed by atoms with van der Waals surface area (Å²) < 4.78 is 33.3. The first-order valence-electron chi connectivity index (χ1n) is 14.8. The molecule has 7 nitrogen and oxygen atoms in total. The van der Waals surface area contributed by atoms with Crippen molar-refractivity contribution < 1.29 is 28.2 Å². The summed E-state index contributed by atoms with van der Waals surface area (Å²) in [5, 5.41) is 17.2. The summed E-state index contributed by atoms with van der Waals surface area (Å²) in [4.78, 5) is 28.7. The molecule has 3 atom stereocenters. The van der Waals surface area contributed by atoms with E-state index in [4.69, 9.17) is 4.74 Å². The predicted octanol–water partition coefficient (Wildman–Crippen LogP) is 5.61. The quantitative estimate of drug-likeness (QED) is 0.182. The van der Waals surface area contributed by atoms with E-state index < -0.39 is 29.7 Å². The zero-order chi connectivity index (χ0) is 32.5. The molecule has 0 bridgehead atoms. The first-order valence-corrected chi connectivity index (χ1v) is 14.8. The number of benzene rings is 4. The average Bonchev–Trinajstić information content (AvgIpc) is 3.03. The van der Waals surface area contributed by atoms with Gasteiger partial charge in [-0.1, -0.05) is 42.5 Å². The number of nitrogens with one attached hydrogen (secondary N) is 2. The third kappa shape index (κ3) is 9.20. The number of ether oxygens (including phenoxy) is 1. The molecule has 9 heteroatoms. The van der Waals surface area contributed by atoms with Crippen molar-refractivity contribution in [3.8, 4) is 5.75 Å². The molecular formula is C36H39F2N3O4. The van der Waals surface area contributed by atoms with Gasteiger partial charge in [0.2, 0.25) is 0 Å². The highest BCUT2D eigenvalue weighted by Gasteiger charge is 2.25. The van der Waals surface area contributed by atoms with E-state index in [1.165, 1.54) is 18.2 Å². The van der Waals surface area contributed by atoms with Crippen molar-refractivity contribution in [3.63, 3.8) is 0 Å². The number of amides is 2. The molecule has 0 saturated heterocycles. The molecule has 236 valence electrons. The Bertz CT molecular complexity index is 1600. The molecule has 3 N–H and O–H groups in total. The monoisotopic (exact) mass is 615 g/mol. The Morgan fingerprint density at radius 2 is 1.58 bits per heavy atom. The second-order valence-corrected chi connectivity index (χ2v) is 11.2. The van der Waals surface area contributed by atoms with Gasteiger partial charge in [-0.3, -0.25) is 9.59 Å². The Hall–Kier alpha value is -4.60. The minimum Gasteiger partial charge on any atom is -0.497 e. The summed E-state index contributed by atoms with van der Waals surface area (Å²) in [7, 11) is 3.29. The summed E-state index contributed by atoms with van der Waals surface area (Å²) in [5.74, 6) is -1.59. The molecule has 0 aliphatic rings. The van der Waals surface area contributed by atoms with E-state index in [0.717, 1.165) is 17.2 Å². The van der Waals surface area contributed by atoms with Gasteiger partial charge in [0.15, 0.2) is 0 Å². The lowest BCUT2D eigenvalue weighted by Gasteiger charge is -2.26. The molecule has 45 heavy (non-hydrogen) atoms. The van der Waals surface area contributed by atoms with E-state index in [1.807, 2.05) is 61.5 Å². The number of carbonyl (C=O) groups excluding carboxylic acids is 2. The lowest BCUT2D eigenvalue weighted by Crippen LogP contribution is -2.48. The van der Waals surface area contributed by atoms with Crippen LogP contribution in [0.4, 0.5) is 8.78 Å². The molecule has 0 aliphatic carbocycles. The number of hydrogen-bond donors (Lipinski definition) is 3. The van der Waals surface area contributed by atoms with Crippen molar-refractivity contribution >= 4 is 11.8 Å². The molecule has 4 rings (SSSR count). The van der Waals surface area contributed by atoms with Gasteiger partial charge in [0.05, 0.1) is 25.3 Å². The molecule has 0 saturated carbocycles. The van der Waals surface area contributed by atoms with E-state index in [9.17, 15) is 23.5 Å². The zero-order valence-corrected chi connectivity index (χ0v) is 25.9. The highest BCUT2D eigenvalue weighted by molar-refractivity contribution is 6.00. The fourth-order valence-electron chi connectivity index (χ4n) is 5.18. The summed E-state index contributed by atoms with van der Waals surface area (Å²) in [6.45, 7) is 4.22. The van der Waals surface area contributed by atoms with Gasteiger partial charge >= 0.3 is 0 Å². The zero-order valence-electron chi connectivity index (χ0n) is 25.9. The molecule has 0 fully saturated rings. The molecular weight excluding hydrogens is 576 g/mol. The fraction of sp³-hybridized carbons (Fsp3) is 0.278. The number of hydrogen-bond acceptors (Lipinski definition) is 5. The first kappa shape index (κ1) is 33.3. The number of halogens is 2. The SMILES string of the molecule is COc1cccc(CNC[C@@H](O)[C@H](Cc2cc(F)cc(F)c2)NC(=O)c2cc(C)cc(C(=O)N(C)[C@H](C)c3ccccc3)c2)c1. The Labute approximate surface area is 262 Å². The van der Waals surface area contributed by atoms with Crippen LogP contribution >= 0.6 is 0 Å². The average molecular weight is 616 g/mol. The van der Waals surface area contributed by atoms with Crippen LogP contribution in [0.3, 0.4) is 0 Å². The highest BCUT2D eigenvalue weighted by atomic mass is 19.1. The van der Waals surface area contributed by atoms with Crippen LogP contribution in [0.5, 0.6) is 5.75 Å². The van der Waals surface area contributed by atoms with Crippen LogP contribution in [-0.2, 0) is 13.0 Å². The highest BCUT2D eigenvalue weighted by Crippen LogP contribution is 2.22. The first-order chi connectivity index (χ1) is 21.5. The third-order valence-electron chi connectivity index (χ3n) is 7.75. The van der Waals surface area contributed by atoms with Crippen molar-refractivity contribution in [2.24, 2.45) is 0 Å². The van der Waals surface area contributed by atoms with Crippen LogP contribution in [0.15, 0.2) is 91.0 Å². The van der Waals surface area contributed by atoms with E-state index in [2.05, 4.69) is 10.6 Å². The van der Waals surface area contributed by atoms with Gasteiger partial charge in [0.25, 0.3) is 11.8 Å². The largest absolute Gasteiger partial charge is 0.497 e. The van der Waals surface area contributed by atoms with E-state index >= 15 is 0 Å². The maximum absolute atomic E-state index is 14.0. The second kappa shape index (κ2) is 15.4. The van der Waals surface area contributed by atoms with Gasteiger partial charge in [0, 0.05) is 37.3 Å². The minimum absolute atomic E-state index is 0.0304.